The van der Waals surface area contributed by atoms with Crippen molar-refractivity contribution in [1.82, 2.24) is 0 Å². The minimum atomic E-state index is -0.442. The molecule has 0 saturated carbocycles. The molecule has 0 bridgehead atoms. The molecule has 1 amide bonds. The Morgan fingerprint density at radius 3 is 2.62 bits per heavy atom. The summed E-state index contributed by atoms with van der Waals surface area (Å²) in [5.74, 6) is -0.188. The van der Waals surface area contributed by atoms with Crippen LogP contribution in [-0.4, -0.2) is 11.0 Å². The number of phenolic OH excluding ortho intramolecular Hbond substituents is 1. The second kappa shape index (κ2) is 5.87. The van der Waals surface area contributed by atoms with Crippen LogP contribution in [0.3, 0.4) is 0 Å². The van der Waals surface area contributed by atoms with Crippen LogP contribution in [0.4, 0.5) is 5.69 Å². The zero-order valence-corrected chi connectivity index (χ0v) is 12.5. The van der Waals surface area contributed by atoms with Crippen LogP contribution in [0, 0.1) is 13.8 Å². The maximum absolute atomic E-state index is 11.4. The summed E-state index contributed by atoms with van der Waals surface area (Å²) in [7, 11) is 0. The van der Waals surface area contributed by atoms with Gasteiger partial charge in [-0.15, -0.1) is 0 Å². The van der Waals surface area contributed by atoms with E-state index in [1.807, 2.05) is 39.0 Å². The average Bonchev–Trinajstić information content (AvgIpc) is 2.43. The Morgan fingerprint density at radius 1 is 1.24 bits per heavy atom. The molecule has 110 valence electrons. The van der Waals surface area contributed by atoms with E-state index in [2.05, 4.69) is 5.32 Å². The second-order valence-electron chi connectivity index (χ2n) is 5.27. The topological polar surface area (TPSA) is 75.3 Å². The van der Waals surface area contributed by atoms with Crippen molar-refractivity contribution in [3.63, 3.8) is 0 Å². The first-order chi connectivity index (χ1) is 9.90. The number of aryl methyl sites for hydroxylation is 1. The van der Waals surface area contributed by atoms with Crippen molar-refractivity contribution in [1.29, 1.82) is 0 Å². The van der Waals surface area contributed by atoms with E-state index in [4.69, 9.17) is 5.73 Å². The zero-order valence-electron chi connectivity index (χ0n) is 12.5. The smallest absolute Gasteiger partial charge is 0.249 e. The molecule has 2 aromatic rings. The van der Waals surface area contributed by atoms with E-state index >= 15 is 0 Å². The minimum Gasteiger partial charge on any atom is -0.508 e. The van der Waals surface area contributed by atoms with Crippen LogP contribution in [-0.2, 0) is 0 Å². The third kappa shape index (κ3) is 3.16. The fourth-order valence-corrected chi connectivity index (χ4v) is 2.39. The molecule has 4 nitrogen and oxygen atoms in total. The lowest BCUT2D eigenvalue weighted by atomic mass is 10.0. The highest BCUT2D eigenvalue weighted by Crippen LogP contribution is 2.29. The van der Waals surface area contributed by atoms with Crippen LogP contribution in [0.2, 0.25) is 0 Å². The van der Waals surface area contributed by atoms with Crippen LogP contribution < -0.4 is 11.1 Å². The van der Waals surface area contributed by atoms with Gasteiger partial charge < -0.3 is 16.2 Å². The molecule has 0 spiro atoms. The molecule has 4 N–H and O–H groups in total. The van der Waals surface area contributed by atoms with E-state index in [0.717, 1.165) is 22.4 Å². The van der Waals surface area contributed by atoms with Crippen LogP contribution in [0.25, 0.3) is 0 Å². The summed E-state index contributed by atoms with van der Waals surface area (Å²) in [4.78, 5) is 11.4. The van der Waals surface area contributed by atoms with E-state index in [0.29, 0.717) is 5.56 Å². The first-order valence-electron chi connectivity index (χ1n) is 6.85. The van der Waals surface area contributed by atoms with Crippen molar-refractivity contribution in [2.45, 2.75) is 26.8 Å². The van der Waals surface area contributed by atoms with E-state index in [1.54, 1.807) is 18.2 Å². The number of hydrogen-bond acceptors (Lipinski definition) is 3. The van der Waals surface area contributed by atoms with Gasteiger partial charge in [0.25, 0.3) is 0 Å². The van der Waals surface area contributed by atoms with Crippen LogP contribution in [0.15, 0.2) is 36.4 Å². The van der Waals surface area contributed by atoms with Crippen LogP contribution in [0.1, 0.15) is 40.0 Å². The number of nitrogens with one attached hydrogen (secondary N) is 1. The number of carbonyl (C=O) groups is 1. The maximum atomic E-state index is 11.4. The molecule has 0 radical (unpaired) electrons. The minimum absolute atomic E-state index is 0.0910. The largest absolute Gasteiger partial charge is 0.508 e. The van der Waals surface area contributed by atoms with Gasteiger partial charge in [0.1, 0.15) is 5.75 Å². The van der Waals surface area contributed by atoms with Crippen molar-refractivity contribution in [3.05, 3.63) is 58.7 Å². The van der Waals surface area contributed by atoms with Gasteiger partial charge in [0.15, 0.2) is 0 Å². The van der Waals surface area contributed by atoms with Gasteiger partial charge in [-0.05, 0) is 44.5 Å². The van der Waals surface area contributed by atoms with Crippen LogP contribution in [0.5, 0.6) is 5.75 Å². The summed E-state index contributed by atoms with van der Waals surface area (Å²) < 4.78 is 0. The lowest BCUT2D eigenvalue weighted by Crippen LogP contribution is -2.15. The number of aromatic hydroxyl groups is 1. The van der Waals surface area contributed by atoms with E-state index in [-0.39, 0.29) is 11.8 Å². The van der Waals surface area contributed by atoms with Gasteiger partial charge in [-0.1, -0.05) is 23.8 Å². The molecule has 4 heteroatoms. The monoisotopic (exact) mass is 284 g/mol. The molecule has 0 saturated heterocycles. The number of primary amides is 1. The number of amides is 1. The highest BCUT2D eigenvalue weighted by atomic mass is 16.3. The molecular formula is C17H20N2O2. The first kappa shape index (κ1) is 14.9. The third-order valence-electron chi connectivity index (χ3n) is 3.62. The van der Waals surface area contributed by atoms with Crippen molar-refractivity contribution >= 4 is 11.6 Å². The molecule has 0 aromatic heterocycles. The number of anilines is 1. The van der Waals surface area contributed by atoms with Gasteiger partial charge in [0.2, 0.25) is 5.91 Å². The van der Waals surface area contributed by atoms with E-state index in [1.165, 1.54) is 0 Å². The number of benzene rings is 2. The standard InChI is InChI=1S/C17H20N2O2/c1-10-7-8-16(20)14(9-10)12(3)19-15-6-4-5-13(11(15)2)17(18)21/h4-9,12,19-20H,1-3H3,(H2,18,21). The number of rotatable bonds is 4. The van der Waals surface area contributed by atoms with E-state index < -0.39 is 5.91 Å². The zero-order chi connectivity index (χ0) is 15.6. The van der Waals surface area contributed by atoms with Crippen molar-refractivity contribution in [3.8, 4) is 5.75 Å². The van der Waals surface area contributed by atoms with Gasteiger partial charge in [-0.2, -0.15) is 0 Å². The summed E-state index contributed by atoms with van der Waals surface area (Å²) in [5, 5.41) is 13.3. The molecular weight excluding hydrogens is 264 g/mol. The highest BCUT2D eigenvalue weighted by molar-refractivity contribution is 5.95. The number of phenols is 1. The molecule has 0 aliphatic carbocycles. The van der Waals surface area contributed by atoms with Gasteiger partial charge in [-0.25, -0.2) is 0 Å². The van der Waals surface area contributed by atoms with Gasteiger partial charge in [0.05, 0.1) is 6.04 Å². The quantitative estimate of drug-likeness (QED) is 0.806. The Morgan fingerprint density at radius 2 is 1.95 bits per heavy atom. The van der Waals surface area contributed by atoms with Crippen LogP contribution >= 0.6 is 0 Å². The number of nitrogens with two attached hydrogens (primary N) is 1. The number of carbonyl (C=O) groups excluding carboxylic acids is 1. The van der Waals surface area contributed by atoms with Crippen molar-refractivity contribution in [2.24, 2.45) is 5.73 Å². The molecule has 21 heavy (non-hydrogen) atoms. The molecule has 0 heterocycles. The second-order valence-corrected chi connectivity index (χ2v) is 5.27. The van der Waals surface area contributed by atoms with Gasteiger partial charge >= 0.3 is 0 Å². The summed E-state index contributed by atoms with van der Waals surface area (Å²) in [5.41, 5.74) is 9.41. The Hall–Kier alpha value is -2.49. The molecule has 0 aliphatic heterocycles. The first-order valence-corrected chi connectivity index (χ1v) is 6.85. The Balaban J connectivity index is 2.32. The molecule has 0 aliphatic rings. The Labute approximate surface area is 124 Å². The molecule has 2 rings (SSSR count). The van der Waals surface area contributed by atoms with Gasteiger partial charge in [-0.3, -0.25) is 4.79 Å². The van der Waals surface area contributed by atoms with Crippen molar-refractivity contribution in [2.75, 3.05) is 5.32 Å². The van der Waals surface area contributed by atoms with E-state index in [9.17, 15) is 9.90 Å². The van der Waals surface area contributed by atoms with Gasteiger partial charge in [0, 0.05) is 16.8 Å². The Bertz CT molecular complexity index is 680. The summed E-state index contributed by atoms with van der Waals surface area (Å²) in [6, 6.07) is 10.8. The maximum Gasteiger partial charge on any atom is 0.249 e. The SMILES string of the molecule is Cc1ccc(O)c(C(C)Nc2cccc(C(N)=O)c2C)c1. The predicted molar refractivity (Wildman–Crippen MR) is 84.6 cm³/mol. The predicted octanol–water partition coefficient (Wildman–Crippen LogP) is 3.28. The Kier molecular flexibility index (Phi) is 4.17. The fourth-order valence-electron chi connectivity index (χ4n) is 2.39. The highest BCUT2D eigenvalue weighted by Gasteiger charge is 2.14. The average molecular weight is 284 g/mol. The summed E-state index contributed by atoms with van der Waals surface area (Å²) >= 11 is 0. The fraction of sp³-hybridized carbons (Fsp3) is 0.235. The lowest BCUT2D eigenvalue weighted by molar-refractivity contribution is 0.0999. The summed E-state index contributed by atoms with van der Waals surface area (Å²) in [6.45, 7) is 5.80. The van der Waals surface area contributed by atoms with Crippen molar-refractivity contribution < 1.29 is 9.90 Å². The molecule has 0 fully saturated rings. The normalized spacial score (nSPS) is 12.0. The molecule has 1 atom stereocenters. The summed E-state index contributed by atoms with van der Waals surface area (Å²) in [6.07, 6.45) is 0. The number of hydrogen-bond donors (Lipinski definition) is 3. The lowest BCUT2D eigenvalue weighted by Gasteiger charge is -2.19. The molecule has 1 unspecified atom stereocenters. The molecule has 2 aromatic carbocycles. The third-order valence-corrected chi connectivity index (χ3v) is 3.62.